The van der Waals surface area contributed by atoms with Crippen molar-refractivity contribution in [3.05, 3.63) is 29.3 Å². The molecule has 2 aromatic heterocycles. The number of nitrogens with two attached hydrogens (primary N) is 1. The second-order valence-corrected chi connectivity index (χ2v) is 6.87. The minimum absolute atomic E-state index is 0.00596. The summed E-state index contributed by atoms with van der Waals surface area (Å²) >= 11 is 0. The third kappa shape index (κ3) is 3.64. The van der Waals surface area contributed by atoms with E-state index in [1.165, 1.54) is 0 Å². The number of nitrogens with zero attached hydrogens (tertiary/aromatic N) is 3. The zero-order valence-electron chi connectivity index (χ0n) is 15.2. The number of carbonyl (C=O) groups is 2. The molecule has 1 aliphatic heterocycles. The summed E-state index contributed by atoms with van der Waals surface area (Å²) in [4.78, 5) is 28.0. The van der Waals surface area contributed by atoms with E-state index in [9.17, 15) is 22.8 Å². The molecule has 0 spiro atoms. The standard InChI is InChI=1S/C17H19F3N6O2/c1-7(2)3-10(14(21)27)24-15-12(18)9-5-22-16(28)11(9)13(25-15)8-4-23-26(6-8)17(19)20/h4,6-7,10,17H,3,5H2,1-2H3,(H2,21,27)(H,22,28)(H,24,25). The van der Waals surface area contributed by atoms with Crippen LogP contribution in [0.4, 0.5) is 19.0 Å². The van der Waals surface area contributed by atoms with Crippen molar-refractivity contribution >= 4 is 17.6 Å². The summed E-state index contributed by atoms with van der Waals surface area (Å²) in [5.74, 6) is -2.24. The summed E-state index contributed by atoms with van der Waals surface area (Å²) in [6.45, 7) is 0.783. The van der Waals surface area contributed by atoms with Gasteiger partial charge in [0, 0.05) is 23.9 Å². The number of nitrogens with one attached hydrogen (secondary N) is 2. The molecule has 1 aliphatic rings. The van der Waals surface area contributed by atoms with E-state index in [4.69, 9.17) is 5.73 Å². The molecule has 1 atom stereocenters. The number of fused-ring (bicyclic) bond motifs is 1. The Morgan fingerprint density at radius 2 is 2.14 bits per heavy atom. The Labute approximate surface area is 158 Å². The Balaban J connectivity index is 2.09. The summed E-state index contributed by atoms with van der Waals surface area (Å²) in [5, 5.41) is 8.70. The lowest BCUT2D eigenvalue weighted by atomic mass is 10.0. The fourth-order valence-electron chi connectivity index (χ4n) is 3.03. The lowest BCUT2D eigenvalue weighted by Gasteiger charge is -2.19. The van der Waals surface area contributed by atoms with E-state index >= 15 is 0 Å². The van der Waals surface area contributed by atoms with Crippen LogP contribution in [0.5, 0.6) is 0 Å². The van der Waals surface area contributed by atoms with Crippen LogP contribution in [0.25, 0.3) is 11.3 Å². The largest absolute Gasteiger partial charge is 0.368 e. The van der Waals surface area contributed by atoms with Gasteiger partial charge in [-0.1, -0.05) is 13.8 Å². The topological polar surface area (TPSA) is 115 Å². The van der Waals surface area contributed by atoms with Crippen LogP contribution in [-0.4, -0.2) is 32.6 Å². The molecule has 11 heteroatoms. The summed E-state index contributed by atoms with van der Waals surface area (Å²) in [7, 11) is 0. The van der Waals surface area contributed by atoms with Crippen molar-refractivity contribution in [2.24, 2.45) is 11.7 Å². The van der Waals surface area contributed by atoms with Gasteiger partial charge in [-0.2, -0.15) is 13.9 Å². The SMILES string of the molecule is CC(C)CC(Nc1nc(-c2cnn(C(F)F)c2)c2c(c1F)CNC2=O)C(N)=O. The summed E-state index contributed by atoms with van der Waals surface area (Å²) in [5.41, 5.74) is 5.50. The molecular weight excluding hydrogens is 377 g/mol. The molecular formula is C17H19F3N6O2. The van der Waals surface area contributed by atoms with Crippen LogP contribution < -0.4 is 16.4 Å². The average Bonchev–Trinajstić information content (AvgIpc) is 3.24. The minimum atomic E-state index is -2.88. The maximum atomic E-state index is 14.9. The van der Waals surface area contributed by atoms with Crippen LogP contribution in [-0.2, 0) is 11.3 Å². The van der Waals surface area contributed by atoms with Crippen LogP contribution in [0.1, 0.15) is 42.7 Å². The fraction of sp³-hybridized carbons (Fsp3) is 0.412. The summed E-state index contributed by atoms with van der Waals surface area (Å²) in [6, 6.07) is -0.887. The number of hydrogen-bond acceptors (Lipinski definition) is 5. The number of anilines is 1. The molecule has 2 aromatic rings. The first-order chi connectivity index (χ1) is 13.2. The zero-order chi connectivity index (χ0) is 20.6. The zero-order valence-corrected chi connectivity index (χ0v) is 15.2. The van der Waals surface area contributed by atoms with Crippen LogP contribution in [0.15, 0.2) is 12.4 Å². The van der Waals surface area contributed by atoms with Crippen LogP contribution in [0.2, 0.25) is 0 Å². The van der Waals surface area contributed by atoms with Crippen molar-refractivity contribution in [2.75, 3.05) is 5.32 Å². The van der Waals surface area contributed by atoms with Gasteiger partial charge < -0.3 is 16.4 Å². The maximum Gasteiger partial charge on any atom is 0.333 e. The van der Waals surface area contributed by atoms with Gasteiger partial charge in [0.25, 0.3) is 5.91 Å². The number of hydrogen-bond donors (Lipinski definition) is 3. The lowest BCUT2D eigenvalue weighted by Crippen LogP contribution is -2.37. The van der Waals surface area contributed by atoms with E-state index in [-0.39, 0.29) is 40.7 Å². The van der Waals surface area contributed by atoms with Gasteiger partial charge in [0.05, 0.1) is 17.5 Å². The Morgan fingerprint density at radius 3 is 2.71 bits per heavy atom. The smallest absolute Gasteiger partial charge is 0.333 e. The molecule has 3 heterocycles. The Morgan fingerprint density at radius 1 is 1.43 bits per heavy atom. The molecule has 8 nitrogen and oxygen atoms in total. The van der Waals surface area contributed by atoms with Gasteiger partial charge in [-0.3, -0.25) is 9.59 Å². The molecule has 28 heavy (non-hydrogen) atoms. The molecule has 1 unspecified atom stereocenters. The predicted molar refractivity (Wildman–Crippen MR) is 93.9 cm³/mol. The second kappa shape index (κ2) is 7.49. The van der Waals surface area contributed by atoms with E-state index in [0.29, 0.717) is 11.1 Å². The van der Waals surface area contributed by atoms with Gasteiger partial charge in [0.1, 0.15) is 6.04 Å². The van der Waals surface area contributed by atoms with Crippen LogP contribution >= 0.6 is 0 Å². The van der Waals surface area contributed by atoms with E-state index < -0.39 is 30.2 Å². The van der Waals surface area contributed by atoms with E-state index in [1.54, 1.807) is 0 Å². The second-order valence-electron chi connectivity index (χ2n) is 6.87. The van der Waals surface area contributed by atoms with Crippen molar-refractivity contribution in [3.8, 4) is 11.3 Å². The van der Waals surface area contributed by atoms with E-state index in [0.717, 1.165) is 12.4 Å². The molecule has 4 N–H and O–H groups in total. The first-order valence-corrected chi connectivity index (χ1v) is 8.58. The molecule has 0 bridgehead atoms. The molecule has 0 saturated carbocycles. The van der Waals surface area contributed by atoms with Gasteiger partial charge >= 0.3 is 6.55 Å². The Hall–Kier alpha value is -3.11. The summed E-state index contributed by atoms with van der Waals surface area (Å²) < 4.78 is 41.0. The van der Waals surface area contributed by atoms with Gasteiger partial charge in [0.15, 0.2) is 11.6 Å². The molecule has 0 aromatic carbocycles. The molecule has 0 aliphatic carbocycles. The van der Waals surface area contributed by atoms with Crippen molar-refractivity contribution in [3.63, 3.8) is 0 Å². The average molecular weight is 396 g/mol. The minimum Gasteiger partial charge on any atom is -0.368 e. The van der Waals surface area contributed by atoms with Gasteiger partial charge in [-0.05, 0) is 12.3 Å². The first-order valence-electron chi connectivity index (χ1n) is 8.58. The highest BCUT2D eigenvalue weighted by Gasteiger charge is 2.32. The predicted octanol–water partition coefficient (Wildman–Crippen LogP) is 2.03. The number of halogens is 3. The Kier molecular flexibility index (Phi) is 5.25. The number of rotatable bonds is 7. The number of amides is 2. The van der Waals surface area contributed by atoms with E-state index in [2.05, 4.69) is 20.7 Å². The quantitative estimate of drug-likeness (QED) is 0.663. The van der Waals surface area contributed by atoms with E-state index in [1.807, 2.05) is 13.8 Å². The number of primary amides is 1. The molecule has 3 rings (SSSR count). The molecule has 2 amide bonds. The maximum absolute atomic E-state index is 14.9. The fourth-order valence-corrected chi connectivity index (χ4v) is 3.03. The third-order valence-corrected chi connectivity index (χ3v) is 4.32. The van der Waals surface area contributed by atoms with Crippen molar-refractivity contribution in [1.29, 1.82) is 0 Å². The van der Waals surface area contributed by atoms with Crippen molar-refractivity contribution < 1.29 is 22.8 Å². The molecule has 0 saturated heterocycles. The highest BCUT2D eigenvalue weighted by Crippen LogP contribution is 2.33. The normalized spacial score (nSPS) is 14.3. The number of carbonyl (C=O) groups excluding carboxylic acids is 2. The van der Waals surface area contributed by atoms with Crippen molar-refractivity contribution in [2.45, 2.75) is 39.4 Å². The first kappa shape index (κ1) is 19.6. The van der Waals surface area contributed by atoms with Crippen LogP contribution in [0, 0.1) is 11.7 Å². The molecule has 0 radical (unpaired) electrons. The van der Waals surface area contributed by atoms with Crippen LogP contribution in [0.3, 0.4) is 0 Å². The number of alkyl halides is 2. The number of pyridine rings is 1. The highest BCUT2D eigenvalue weighted by atomic mass is 19.3. The van der Waals surface area contributed by atoms with Gasteiger partial charge in [0.2, 0.25) is 5.91 Å². The lowest BCUT2D eigenvalue weighted by molar-refractivity contribution is -0.119. The Bertz CT molecular complexity index is 928. The number of aromatic nitrogens is 3. The van der Waals surface area contributed by atoms with Gasteiger partial charge in [-0.25, -0.2) is 14.1 Å². The van der Waals surface area contributed by atoms with Crippen molar-refractivity contribution in [1.82, 2.24) is 20.1 Å². The highest BCUT2D eigenvalue weighted by molar-refractivity contribution is 6.04. The van der Waals surface area contributed by atoms with Gasteiger partial charge in [-0.15, -0.1) is 0 Å². The molecule has 150 valence electrons. The molecule has 0 fully saturated rings. The summed E-state index contributed by atoms with van der Waals surface area (Å²) in [6.07, 6.45) is 2.46. The third-order valence-electron chi connectivity index (χ3n) is 4.32. The monoisotopic (exact) mass is 396 g/mol.